The summed E-state index contributed by atoms with van der Waals surface area (Å²) >= 11 is 0. The lowest BCUT2D eigenvalue weighted by molar-refractivity contribution is -0.152. The highest BCUT2D eigenvalue weighted by atomic mass is 16.5. The quantitative estimate of drug-likeness (QED) is 0.549. The third kappa shape index (κ3) is 4.36. The number of hydrogen-bond acceptors (Lipinski definition) is 4. The molecule has 0 saturated carbocycles. The number of carboxylic acids is 2. The molecule has 6 heteroatoms. The van der Waals surface area contributed by atoms with Gasteiger partial charge in [-0.2, -0.15) is 0 Å². The van der Waals surface area contributed by atoms with E-state index in [0.717, 1.165) is 0 Å². The molecule has 1 unspecified atom stereocenters. The van der Waals surface area contributed by atoms with E-state index in [-0.39, 0.29) is 6.42 Å². The summed E-state index contributed by atoms with van der Waals surface area (Å²) in [5.74, 6) is -2.80. The number of aliphatic carboxylic acids is 2. The number of rotatable bonds is 7. The number of allylic oxidation sites excluding steroid dienone is 1. The van der Waals surface area contributed by atoms with Crippen molar-refractivity contribution >= 4 is 17.9 Å². The van der Waals surface area contributed by atoms with Crippen LogP contribution in [0.3, 0.4) is 0 Å². The third-order valence-electron chi connectivity index (χ3n) is 3.50. The van der Waals surface area contributed by atoms with Crippen molar-refractivity contribution in [2.45, 2.75) is 40.5 Å². The van der Waals surface area contributed by atoms with E-state index in [0.29, 0.717) is 5.57 Å². The maximum Gasteiger partial charge on any atom is 0.314 e. The van der Waals surface area contributed by atoms with Gasteiger partial charge in [0.2, 0.25) is 0 Å². The minimum atomic E-state index is -1.49. The van der Waals surface area contributed by atoms with Crippen LogP contribution in [0.5, 0.6) is 0 Å². The fourth-order valence-electron chi connectivity index (χ4n) is 1.68. The normalized spacial score (nSPS) is 15.3. The average molecular weight is 286 g/mol. The fraction of sp³-hybridized carbons (Fsp3) is 0.643. The summed E-state index contributed by atoms with van der Waals surface area (Å²) < 4.78 is 4.67. The minimum Gasteiger partial charge on any atom is -0.481 e. The van der Waals surface area contributed by atoms with Gasteiger partial charge in [0.15, 0.2) is 0 Å². The molecular formula is C14H22O6. The number of carbonyl (C=O) groups excluding carboxylic acids is 1. The van der Waals surface area contributed by atoms with Crippen molar-refractivity contribution in [1.82, 2.24) is 0 Å². The molecule has 0 aliphatic rings. The van der Waals surface area contributed by atoms with Gasteiger partial charge in [0, 0.05) is 0 Å². The Morgan fingerprint density at radius 3 is 2.00 bits per heavy atom. The van der Waals surface area contributed by atoms with Crippen molar-refractivity contribution in [2.75, 3.05) is 7.11 Å². The highest BCUT2D eigenvalue weighted by molar-refractivity contribution is 5.84. The second-order valence-electron chi connectivity index (χ2n) is 5.67. The Bertz CT molecular complexity index is 435. The Morgan fingerprint density at radius 1 is 1.15 bits per heavy atom. The Morgan fingerprint density at radius 2 is 1.65 bits per heavy atom. The summed E-state index contributed by atoms with van der Waals surface area (Å²) in [6.45, 7) is 6.28. The van der Waals surface area contributed by atoms with Crippen LogP contribution in [0.15, 0.2) is 11.6 Å². The molecule has 0 aliphatic heterocycles. The van der Waals surface area contributed by atoms with Crippen molar-refractivity contribution in [2.24, 2.45) is 10.8 Å². The topological polar surface area (TPSA) is 101 Å². The van der Waals surface area contributed by atoms with Crippen molar-refractivity contribution in [3.05, 3.63) is 11.6 Å². The van der Waals surface area contributed by atoms with E-state index in [9.17, 15) is 19.5 Å². The molecule has 0 amide bonds. The number of methoxy groups -OCH3 is 1. The number of carboxylic acid groups (broad SMARTS) is 2. The van der Waals surface area contributed by atoms with E-state index in [4.69, 9.17) is 5.11 Å². The molecule has 0 rings (SSSR count). The van der Waals surface area contributed by atoms with Crippen LogP contribution >= 0.6 is 0 Å². The van der Waals surface area contributed by atoms with Crippen molar-refractivity contribution < 1.29 is 29.3 Å². The zero-order valence-corrected chi connectivity index (χ0v) is 12.5. The molecule has 1 atom stereocenters. The molecule has 0 saturated heterocycles. The molecule has 0 spiro atoms. The molecule has 0 bridgehead atoms. The third-order valence-corrected chi connectivity index (χ3v) is 3.50. The summed E-state index contributed by atoms with van der Waals surface area (Å²) in [6, 6.07) is 0. The van der Waals surface area contributed by atoms with Crippen LogP contribution in [-0.4, -0.2) is 35.2 Å². The van der Waals surface area contributed by atoms with Crippen LogP contribution < -0.4 is 0 Å². The number of carbonyl (C=O) groups is 3. The Labute approximate surface area is 118 Å². The zero-order valence-electron chi connectivity index (χ0n) is 12.5. The highest BCUT2D eigenvalue weighted by Crippen LogP contribution is 2.33. The van der Waals surface area contributed by atoms with Gasteiger partial charge >= 0.3 is 17.9 Å². The molecule has 0 aromatic rings. The first kappa shape index (κ1) is 18.1. The lowest BCUT2D eigenvalue weighted by atomic mass is 9.77. The van der Waals surface area contributed by atoms with Crippen molar-refractivity contribution in [3.8, 4) is 0 Å². The maximum absolute atomic E-state index is 11.5. The lowest BCUT2D eigenvalue weighted by Gasteiger charge is -2.26. The van der Waals surface area contributed by atoms with E-state index >= 15 is 0 Å². The van der Waals surface area contributed by atoms with Crippen LogP contribution in [0, 0.1) is 10.8 Å². The van der Waals surface area contributed by atoms with Gasteiger partial charge in [-0.1, -0.05) is 11.6 Å². The minimum absolute atomic E-state index is 0.272. The zero-order chi connectivity index (χ0) is 16.1. The highest BCUT2D eigenvalue weighted by Gasteiger charge is 2.38. The molecule has 0 radical (unpaired) electrons. The summed E-state index contributed by atoms with van der Waals surface area (Å²) in [7, 11) is 1.28. The molecule has 2 N–H and O–H groups in total. The molecule has 0 aromatic heterocycles. The molecule has 6 nitrogen and oxygen atoms in total. The molecule has 0 heterocycles. The van der Waals surface area contributed by atoms with Gasteiger partial charge < -0.3 is 14.9 Å². The second-order valence-corrected chi connectivity index (χ2v) is 5.67. The predicted octanol–water partition coefficient (Wildman–Crippen LogP) is 2.09. The van der Waals surface area contributed by atoms with Gasteiger partial charge in [-0.05, 0) is 34.1 Å². The first-order chi connectivity index (χ1) is 8.97. The first-order valence-electron chi connectivity index (χ1n) is 6.18. The lowest BCUT2D eigenvalue weighted by Crippen LogP contribution is -2.32. The van der Waals surface area contributed by atoms with Crippen molar-refractivity contribution in [1.29, 1.82) is 0 Å². The van der Waals surface area contributed by atoms with Crippen molar-refractivity contribution in [3.63, 3.8) is 0 Å². The predicted molar refractivity (Wildman–Crippen MR) is 72.2 cm³/mol. The van der Waals surface area contributed by atoms with Crippen LogP contribution in [-0.2, 0) is 19.1 Å². The molecule has 0 aliphatic carbocycles. The molecular weight excluding hydrogens is 264 g/mol. The van der Waals surface area contributed by atoms with E-state index in [1.54, 1.807) is 26.8 Å². The van der Waals surface area contributed by atoms with E-state index < -0.39 is 35.2 Å². The van der Waals surface area contributed by atoms with Gasteiger partial charge in [0.1, 0.15) is 0 Å². The van der Waals surface area contributed by atoms with Crippen LogP contribution in [0.25, 0.3) is 0 Å². The summed E-state index contributed by atoms with van der Waals surface area (Å²) in [6.07, 6.45) is 1.35. The molecule has 0 aromatic carbocycles. The van der Waals surface area contributed by atoms with Gasteiger partial charge in [0.25, 0.3) is 0 Å². The Kier molecular flexibility index (Phi) is 5.94. The van der Waals surface area contributed by atoms with E-state index in [1.165, 1.54) is 14.0 Å². The van der Waals surface area contributed by atoms with Crippen LogP contribution in [0.4, 0.5) is 0 Å². The summed E-state index contributed by atoms with van der Waals surface area (Å²) in [5.41, 5.74) is -1.87. The standard InChI is InChI=1S/C14H22O6/c1-9(6-7-13(2,3)12(19)20-5)14(4,11(17)18)8-10(15)16/h6H,7-8H2,1-5H3,(H,15,16)(H,17,18). The number of esters is 1. The number of hydrogen-bond donors (Lipinski definition) is 2. The summed E-state index contributed by atoms with van der Waals surface area (Å²) in [5, 5.41) is 18.1. The number of ether oxygens (including phenoxy) is 1. The fourth-order valence-corrected chi connectivity index (χ4v) is 1.68. The van der Waals surface area contributed by atoms with Crippen LogP contribution in [0.2, 0.25) is 0 Å². The largest absolute Gasteiger partial charge is 0.481 e. The maximum atomic E-state index is 11.5. The molecule has 0 fully saturated rings. The smallest absolute Gasteiger partial charge is 0.314 e. The second kappa shape index (κ2) is 6.54. The Hall–Kier alpha value is -1.85. The average Bonchev–Trinajstić information content (AvgIpc) is 2.33. The van der Waals surface area contributed by atoms with E-state index in [2.05, 4.69) is 4.74 Å². The van der Waals surface area contributed by atoms with Gasteiger partial charge in [0.05, 0.1) is 24.4 Å². The molecule has 114 valence electrons. The molecule has 20 heavy (non-hydrogen) atoms. The monoisotopic (exact) mass is 286 g/mol. The first-order valence-corrected chi connectivity index (χ1v) is 6.18. The van der Waals surface area contributed by atoms with Gasteiger partial charge in [-0.25, -0.2) is 0 Å². The van der Waals surface area contributed by atoms with Gasteiger partial charge in [-0.3, -0.25) is 14.4 Å². The van der Waals surface area contributed by atoms with Crippen LogP contribution in [0.1, 0.15) is 40.5 Å². The SMILES string of the molecule is COC(=O)C(C)(C)CC=C(C)C(C)(CC(=O)O)C(=O)O. The summed E-state index contributed by atoms with van der Waals surface area (Å²) in [4.78, 5) is 33.7. The van der Waals surface area contributed by atoms with Gasteiger partial charge in [-0.15, -0.1) is 0 Å². The van der Waals surface area contributed by atoms with E-state index in [1.807, 2.05) is 0 Å². The Balaban J connectivity index is 5.24.